The predicted molar refractivity (Wildman–Crippen MR) is 146 cm³/mol. The number of hydrogen-bond acceptors (Lipinski definition) is 5. The van der Waals surface area contributed by atoms with Crippen molar-refractivity contribution in [3.63, 3.8) is 0 Å². The Morgan fingerprint density at radius 2 is 1.82 bits per heavy atom. The van der Waals surface area contributed by atoms with E-state index in [1.165, 1.54) is 18.2 Å². The normalized spacial score (nSPS) is 12.2. The minimum Gasteiger partial charge on any atom is -0.455 e. The number of para-hydroxylation sites is 1. The van der Waals surface area contributed by atoms with Crippen LogP contribution in [0.1, 0.15) is 48.3 Å². The molecule has 4 aromatic rings. The van der Waals surface area contributed by atoms with E-state index in [9.17, 15) is 26.4 Å². The lowest BCUT2D eigenvalue weighted by Gasteiger charge is -2.13. The van der Waals surface area contributed by atoms with Crippen molar-refractivity contribution < 1.29 is 30.8 Å². The molecule has 0 saturated heterocycles. The third-order valence-corrected chi connectivity index (χ3v) is 7.96. The number of nitrogens with zero attached hydrogens (tertiary/aromatic N) is 2. The van der Waals surface area contributed by atoms with Gasteiger partial charge in [0.05, 0.1) is 15.9 Å². The third-order valence-electron chi connectivity index (χ3n) is 6.08. The minimum atomic E-state index is -5.64. The molecule has 13 heteroatoms. The van der Waals surface area contributed by atoms with E-state index in [-0.39, 0.29) is 22.9 Å². The smallest absolute Gasteiger partial charge is 0.455 e. The highest BCUT2D eigenvalue weighted by molar-refractivity contribution is 9.10. The quantitative estimate of drug-likeness (QED) is 0.229. The Morgan fingerprint density at radius 3 is 2.46 bits per heavy atom. The molecule has 0 spiro atoms. The number of carbonyl (C=O) groups excluding carboxylic acids is 1. The summed E-state index contributed by atoms with van der Waals surface area (Å²) in [6, 6.07) is 11.1. The fraction of sp³-hybridized carbons (Fsp3) is 0.308. The highest BCUT2D eigenvalue weighted by Gasteiger charge is 2.46. The number of aryl methyl sites for hydroxylation is 2. The molecular formula is C26H26BrF3N4O4S. The molecule has 1 amide bonds. The number of carbonyl (C=O) groups is 1. The summed E-state index contributed by atoms with van der Waals surface area (Å²) in [6.45, 7) is 6.59. The number of benzene rings is 2. The van der Waals surface area contributed by atoms with E-state index in [1.54, 1.807) is 16.9 Å². The first-order chi connectivity index (χ1) is 18.4. The highest BCUT2D eigenvalue weighted by Crippen LogP contribution is 2.42. The second-order valence-electron chi connectivity index (χ2n) is 8.65. The molecule has 8 nitrogen and oxygen atoms in total. The van der Waals surface area contributed by atoms with E-state index in [0.29, 0.717) is 52.8 Å². The number of halogens is 4. The Kier molecular flexibility index (Phi) is 8.12. The van der Waals surface area contributed by atoms with Crippen LogP contribution in [0.25, 0.3) is 22.3 Å². The Bertz CT molecular complexity index is 1640. The van der Waals surface area contributed by atoms with Gasteiger partial charge in [-0.1, -0.05) is 32.0 Å². The lowest BCUT2D eigenvalue weighted by atomic mass is 10.1. The molecule has 2 aromatic heterocycles. The van der Waals surface area contributed by atoms with Crippen LogP contribution in [0.5, 0.6) is 0 Å². The summed E-state index contributed by atoms with van der Waals surface area (Å²) in [6.07, 6.45) is 1.22. The number of rotatable bonds is 9. The number of anilines is 1. The number of fused-ring (bicyclic) bond motifs is 1. The maximum absolute atomic E-state index is 13.0. The lowest BCUT2D eigenvalue weighted by molar-refractivity contribution is -0.0429. The Hall–Kier alpha value is -3.32. The van der Waals surface area contributed by atoms with E-state index in [2.05, 4.69) is 26.2 Å². The maximum atomic E-state index is 13.0. The summed E-state index contributed by atoms with van der Waals surface area (Å²) in [5.41, 5.74) is -3.13. The Labute approximate surface area is 231 Å². The minimum absolute atomic E-state index is 0.129. The van der Waals surface area contributed by atoms with Crippen molar-refractivity contribution in [3.8, 4) is 11.3 Å². The zero-order chi connectivity index (χ0) is 28.5. The molecule has 39 heavy (non-hydrogen) atoms. The predicted octanol–water partition coefficient (Wildman–Crippen LogP) is 6.24. The molecule has 208 valence electrons. The van der Waals surface area contributed by atoms with Crippen LogP contribution in [0.3, 0.4) is 0 Å². The van der Waals surface area contributed by atoms with E-state index in [4.69, 9.17) is 4.42 Å². The number of nitrogens with one attached hydrogen (secondary N) is 2. The van der Waals surface area contributed by atoms with Crippen LogP contribution in [0.4, 0.5) is 18.9 Å². The maximum Gasteiger partial charge on any atom is 0.516 e. The van der Waals surface area contributed by atoms with Crippen LogP contribution in [-0.4, -0.2) is 35.9 Å². The lowest BCUT2D eigenvalue weighted by Crippen LogP contribution is -2.30. The number of hydrogen-bond donors (Lipinski definition) is 2. The number of imidazole rings is 1. The Balaban J connectivity index is 1.77. The van der Waals surface area contributed by atoms with Crippen LogP contribution >= 0.6 is 15.9 Å². The zero-order valence-electron chi connectivity index (χ0n) is 21.3. The number of alkyl halides is 3. The summed E-state index contributed by atoms with van der Waals surface area (Å²) in [7, 11) is -5.64. The van der Waals surface area contributed by atoms with Crippen molar-refractivity contribution in [1.29, 1.82) is 0 Å². The second kappa shape index (κ2) is 11.0. The van der Waals surface area contributed by atoms with Crippen molar-refractivity contribution in [1.82, 2.24) is 14.9 Å². The van der Waals surface area contributed by atoms with Gasteiger partial charge in [0.1, 0.15) is 17.1 Å². The molecule has 4 rings (SSSR count). The SMILES string of the molecule is CCNC(=O)c1c(CC)nc(CC)n1Cc1ccc2oc(-c3ccccc3NS(=O)(=O)C(F)(F)F)c(Br)c2c1. The van der Waals surface area contributed by atoms with Gasteiger partial charge in [0, 0.05) is 30.5 Å². The van der Waals surface area contributed by atoms with Gasteiger partial charge >= 0.3 is 15.5 Å². The average molecular weight is 627 g/mol. The molecular weight excluding hydrogens is 601 g/mol. The fourth-order valence-corrected chi connectivity index (χ4v) is 5.47. The molecule has 0 aliphatic rings. The van der Waals surface area contributed by atoms with Crippen LogP contribution in [0.15, 0.2) is 51.4 Å². The molecule has 0 fully saturated rings. The standard InChI is InChI=1S/C26H26BrF3N4O4S/c1-4-18-23(25(35)31-6-3)34(21(5-2)32-18)14-15-11-12-20-17(13-15)22(27)24(38-20)16-9-7-8-10-19(16)33-39(36,37)26(28,29)30/h7-13,33H,4-6,14H2,1-3H3,(H,31,35). The average Bonchev–Trinajstić information content (AvgIpc) is 3.40. The van der Waals surface area contributed by atoms with E-state index in [0.717, 1.165) is 11.4 Å². The van der Waals surface area contributed by atoms with Gasteiger partial charge in [0.15, 0.2) is 5.76 Å². The molecule has 2 N–H and O–H groups in total. The molecule has 0 aliphatic carbocycles. The zero-order valence-corrected chi connectivity index (χ0v) is 23.7. The van der Waals surface area contributed by atoms with Crippen LogP contribution in [0.2, 0.25) is 0 Å². The summed E-state index contributed by atoms with van der Waals surface area (Å²) in [4.78, 5) is 17.5. The first kappa shape index (κ1) is 28.7. The highest BCUT2D eigenvalue weighted by atomic mass is 79.9. The van der Waals surface area contributed by atoms with E-state index < -0.39 is 15.5 Å². The van der Waals surface area contributed by atoms with E-state index in [1.807, 2.05) is 37.5 Å². The monoisotopic (exact) mass is 626 g/mol. The Morgan fingerprint density at radius 1 is 1.10 bits per heavy atom. The van der Waals surface area contributed by atoms with Gasteiger partial charge in [-0.3, -0.25) is 9.52 Å². The van der Waals surface area contributed by atoms with Gasteiger partial charge in [-0.2, -0.15) is 21.6 Å². The second-order valence-corrected chi connectivity index (χ2v) is 11.1. The number of sulfonamides is 1. The van der Waals surface area contributed by atoms with Crippen molar-refractivity contribution in [3.05, 3.63) is 69.7 Å². The summed E-state index contributed by atoms with van der Waals surface area (Å²) < 4.78 is 72.4. The van der Waals surface area contributed by atoms with Gasteiger partial charge in [0.2, 0.25) is 0 Å². The summed E-state index contributed by atoms with van der Waals surface area (Å²) in [5.74, 6) is 0.731. The van der Waals surface area contributed by atoms with Crippen molar-refractivity contribution in [2.45, 2.75) is 45.7 Å². The van der Waals surface area contributed by atoms with Crippen molar-refractivity contribution in [2.75, 3.05) is 11.3 Å². The summed E-state index contributed by atoms with van der Waals surface area (Å²) >= 11 is 3.49. The van der Waals surface area contributed by atoms with Crippen LogP contribution < -0.4 is 10.0 Å². The molecule has 0 bridgehead atoms. The fourth-order valence-electron chi connectivity index (χ4n) is 4.28. The first-order valence-electron chi connectivity index (χ1n) is 12.2. The van der Waals surface area contributed by atoms with E-state index >= 15 is 0 Å². The molecule has 0 saturated carbocycles. The number of amides is 1. The third kappa shape index (κ3) is 5.55. The molecule has 0 radical (unpaired) electrons. The molecule has 0 atom stereocenters. The van der Waals surface area contributed by atoms with Gasteiger partial charge in [-0.05, 0) is 59.1 Å². The first-order valence-corrected chi connectivity index (χ1v) is 14.4. The number of aromatic nitrogens is 2. The molecule has 2 aromatic carbocycles. The molecule has 0 unspecified atom stereocenters. The largest absolute Gasteiger partial charge is 0.516 e. The van der Waals surface area contributed by atoms with Gasteiger partial charge < -0.3 is 14.3 Å². The topological polar surface area (TPSA) is 106 Å². The van der Waals surface area contributed by atoms with Gasteiger partial charge in [-0.15, -0.1) is 0 Å². The number of furan rings is 1. The van der Waals surface area contributed by atoms with Crippen LogP contribution in [-0.2, 0) is 29.4 Å². The van der Waals surface area contributed by atoms with Crippen molar-refractivity contribution >= 4 is 48.5 Å². The van der Waals surface area contributed by atoms with Gasteiger partial charge in [-0.25, -0.2) is 4.98 Å². The van der Waals surface area contributed by atoms with Crippen LogP contribution in [0, 0.1) is 0 Å². The summed E-state index contributed by atoms with van der Waals surface area (Å²) in [5, 5.41) is 3.48. The molecule has 0 aliphatic heterocycles. The van der Waals surface area contributed by atoms with Gasteiger partial charge in [0.25, 0.3) is 5.91 Å². The van der Waals surface area contributed by atoms with Crippen molar-refractivity contribution in [2.24, 2.45) is 0 Å². The molecule has 2 heterocycles.